The number of nitrogens with zero attached hydrogens (tertiary/aromatic N) is 1. The molecule has 2 aliphatic rings. The van der Waals surface area contributed by atoms with Crippen LogP contribution in [-0.4, -0.2) is 52.7 Å². The maximum Gasteiger partial charge on any atom is 0.407 e. The topological polar surface area (TPSA) is 142 Å². The maximum atomic E-state index is 13.3. The number of amides is 2. The summed E-state index contributed by atoms with van der Waals surface area (Å²) in [6.07, 6.45) is 7.37. The number of hydrogen-bond acceptors (Lipinski definition) is 7. The summed E-state index contributed by atoms with van der Waals surface area (Å²) in [6, 6.07) is 5.70. The van der Waals surface area contributed by atoms with Crippen molar-refractivity contribution in [3.05, 3.63) is 40.0 Å². The third kappa shape index (κ3) is 8.15. The number of benzene rings is 1. The van der Waals surface area contributed by atoms with Gasteiger partial charge in [0.25, 0.3) is 5.91 Å². The average Bonchev–Trinajstić information content (AvgIpc) is 3.25. The van der Waals surface area contributed by atoms with Crippen LogP contribution >= 0.6 is 0 Å². The van der Waals surface area contributed by atoms with Gasteiger partial charge in [0.2, 0.25) is 5.91 Å². The fourth-order valence-electron chi connectivity index (χ4n) is 6.42. The molecule has 1 aliphatic heterocycles. The van der Waals surface area contributed by atoms with Crippen molar-refractivity contribution in [2.45, 2.75) is 111 Å². The van der Waals surface area contributed by atoms with E-state index in [0.717, 1.165) is 46.7 Å². The summed E-state index contributed by atoms with van der Waals surface area (Å²) in [5, 5.41) is 8.02. The number of hydrogen-bond donors (Lipinski definition) is 3. The minimum absolute atomic E-state index is 0.0577. The molecule has 0 atom stereocenters. The number of esters is 1. The fourth-order valence-corrected chi connectivity index (χ4v) is 6.42. The molecule has 10 heteroatoms. The number of carbonyl (C=O) groups is 4. The molecule has 0 unspecified atom stereocenters. The standard InChI is InChI=1S/C35H48N4O6/c1-8-24-27(9-2)39-28(19-35(6,7)20-29(39)40)31(24)21-10-15-25(32(36)42)26(18-21)38-22-11-13-23(14-12-22)44-30(41)16-17-37-33(43)45-34(3,4)5/h8-10,15,18,22-23,38H,11-14,16-17,19-20H2,1-7H3,(H2,36,42)(H,37,43). The Kier molecular flexibility index (Phi) is 10.1. The molecule has 1 aromatic heterocycles. The van der Waals surface area contributed by atoms with Gasteiger partial charge in [0.1, 0.15) is 11.7 Å². The SMILES string of the molecule is CC=c1c(-c2ccc(C(N)=O)c(NC3CCC(OC(=O)CCNC(=O)OC(C)(C)C)CC3)c2)c2n(c1=CC)C(=O)CC(C)(C)C2. The number of rotatable bonds is 8. The van der Waals surface area contributed by atoms with Crippen LogP contribution in [0.1, 0.15) is 108 Å². The Morgan fingerprint density at radius 1 is 1.07 bits per heavy atom. The van der Waals surface area contributed by atoms with Crippen LogP contribution in [0.25, 0.3) is 23.3 Å². The molecule has 1 aliphatic carbocycles. The summed E-state index contributed by atoms with van der Waals surface area (Å²) in [4.78, 5) is 49.9. The Morgan fingerprint density at radius 2 is 1.76 bits per heavy atom. The van der Waals surface area contributed by atoms with Crippen molar-refractivity contribution in [2.75, 3.05) is 11.9 Å². The lowest BCUT2D eigenvalue weighted by Gasteiger charge is -2.31. The van der Waals surface area contributed by atoms with Crippen molar-refractivity contribution in [1.82, 2.24) is 9.88 Å². The number of nitrogens with one attached hydrogen (secondary N) is 2. The summed E-state index contributed by atoms with van der Waals surface area (Å²) in [5.74, 6) is -0.796. The molecule has 1 saturated carbocycles. The first-order valence-corrected chi connectivity index (χ1v) is 15.9. The lowest BCUT2D eigenvalue weighted by molar-refractivity contribution is -0.150. The van der Waals surface area contributed by atoms with E-state index >= 15 is 0 Å². The van der Waals surface area contributed by atoms with E-state index in [-0.39, 0.29) is 42.4 Å². The highest BCUT2D eigenvalue weighted by Gasteiger charge is 2.34. The maximum absolute atomic E-state index is 13.3. The molecule has 0 saturated heterocycles. The number of nitrogens with two attached hydrogens (primary N) is 1. The van der Waals surface area contributed by atoms with Crippen LogP contribution in [0.5, 0.6) is 0 Å². The zero-order valence-electron chi connectivity index (χ0n) is 27.7. The van der Waals surface area contributed by atoms with E-state index in [9.17, 15) is 19.2 Å². The Bertz CT molecular complexity index is 1590. The second-order valence-corrected chi connectivity index (χ2v) is 13.9. The second-order valence-electron chi connectivity index (χ2n) is 13.9. The molecule has 244 valence electrons. The van der Waals surface area contributed by atoms with Crippen LogP contribution in [0.3, 0.4) is 0 Å². The number of fused-ring (bicyclic) bond motifs is 1. The molecule has 2 aromatic rings. The predicted molar refractivity (Wildman–Crippen MR) is 175 cm³/mol. The molecule has 1 aromatic carbocycles. The van der Waals surface area contributed by atoms with Gasteiger partial charge in [-0.2, -0.15) is 0 Å². The van der Waals surface area contributed by atoms with Gasteiger partial charge in [-0.1, -0.05) is 32.1 Å². The molecular formula is C35H48N4O6. The molecular weight excluding hydrogens is 572 g/mol. The van der Waals surface area contributed by atoms with Gasteiger partial charge in [-0.05, 0) is 89.8 Å². The average molecular weight is 621 g/mol. The molecule has 45 heavy (non-hydrogen) atoms. The highest BCUT2D eigenvalue weighted by Crippen LogP contribution is 2.36. The lowest BCUT2D eigenvalue weighted by Crippen LogP contribution is -2.39. The van der Waals surface area contributed by atoms with Crippen molar-refractivity contribution in [3.8, 4) is 11.1 Å². The number of primary amides is 1. The largest absolute Gasteiger partial charge is 0.462 e. The van der Waals surface area contributed by atoms with Crippen LogP contribution in [0.2, 0.25) is 0 Å². The molecule has 2 heterocycles. The highest BCUT2D eigenvalue weighted by molar-refractivity contribution is 5.99. The first kappa shape index (κ1) is 33.8. The Hall–Kier alpha value is -4.08. The van der Waals surface area contributed by atoms with Crippen molar-refractivity contribution in [2.24, 2.45) is 11.1 Å². The van der Waals surface area contributed by atoms with Gasteiger partial charge in [0.05, 0.1) is 17.3 Å². The van der Waals surface area contributed by atoms with Gasteiger partial charge in [-0.3, -0.25) is 19.0 Å². The number of aromatic nitrogens is 1. The highest BCUT2D eigenvalue weighted by atomic mass is 16.6. The lowest BCUT2D eigenvalue weighted by atomic mass is 9.80. The first-order chi connectivity index (χ1) is 21.1. The Morgan fingerprint density at radius 3 is 2.36 bits per heavy atom. The first-order valence-electron chi connectivity index (χ1n) is 15.9. The number of anilines is 1. The molecule has 0 spiro atoms. The van der Waals surface area contributed by atoms with Gasteiger partial charge in [0, 0.05) is 41.2 Å². The van der Waals surface area contributed by atoms with Crippen molar-refractivity contribution < 1.29 is 28.7 Å². The normalized spacial score (nSPS) is 20.4. The quantitative estimate of drug-likeness (QED) is 0.365. The van der Waals surface area contributed by atoms with Crippen molar-refractivity contribution >= 4 is 41.7 Å². The zero-order chi connectivity index (χ0) is 33.1. The van der Waals surface area contributed by atoms with E-state index < -0.39 is 17.6 Å². The molecule has 4 N–H and O–H groups in total. The minimum Gasteiger partial charge on any atom is -0.462 e. The summed E-state index contributed by atoms with van der Waals surface area (Å²) in [7, 11) is 0. The van der Waals surface area contributed by atoms with Crippen LogP contribution in [0.4, 0.5) is 10.5 Å². The van der Waals surface area contributed by atoms with Gasteiger partial charge < -0.3 is 25.8 Å². The van der Waals surface area contributed by atoms with Gasteiger partial charge in [-0.15, -0.1) is 0 Å². The molecule has 1 fully saturated rings. The smallest absolute Gasteiger partial charge is 0.407 e. The third-order valence-electron chi connectivity index (χ3n) is 8.33. The van der Waals surface area contributed by atoms with Crippen LogP contribution in [-0.2, 0) is 20.7 Å². The van der Waals surface area contributed by atoms with Crippen LogP contribution < -0.4 is 26.9 Å². The van der Waals surface area contributed by atoms with Crippen LogP contribution in [0, 0.1) is 5.41 Å². The van der Waals surface area contributed by atoms with Crippen molar-refractivity contribution in [3.63, 3.8) is 0 Å². The Labute approximate surface area is 265 Å². The molecule has 4 rings (SSSR count). The van der Waals surface area contributed by atoms with Gasteiger partial charge in [0.15, 0.2) is 0 Å². The van der Waals surface area contributed by atoms with E-state index in [2.05, 4.69) is 24.5 Å². The summed E-state index contributed by atoms with van der Waals surface area (Å²) >= 11 is 0. The summed E-state index contributed by atoms with van der Waals surface area (Å²) in [6.45, 7) is 13.6. The van der Waals surface area contributed by atoms with E-state index in [0.29, 0.717) is 30.5 Å². The fraction of sp³-hybridized carbons (Fsp3) is 0.543. The third-order valence-corrected chi connectivity index (χ3v) is 8.33. The minimum atomic E-state index is -0.606. The van der Waals surface area contributed by atoms with Gasteiger partial charge >= 0.3 is 12.1 Å². The predicted octanol–water partition coefficient (Wildman–Crippen LogP) is 4.65. The molecule has 0 bridgehead atoms. The van der Waals surface area contributed by atoms with E-state index in [4.69, 9.17) is 15.2 Å². The number of carbonyl (C=O) groups excluding carboxylic acids is 4. The Balaban J connectivity index is 1.47. The van der Waals surface area contributed by atoms with E-state index in [1.54, 1.807) is 26.8 Å². The van der Waals surface area contributed by atoms with E-state index in [1.807, 2.05) is 42.7 Å². The molecule has 2 amide bonds. The van der Waals surface area contributed by atoms with E-state index in [1.165, 1.54) is 0 Å². The molecule has 0 radical (unpaired) electrons. The van der Waals surface area contributed by atoms with Gasteiger partial charge in [-0.25, -0.2) is 4.79 Å². The second kappa shape index (κ2) is 13.5. The number of alkyl carbamates (subject to hydrolysis) is 1. The number of ether oxygens (including phenoxy) is 2. The monoisotopic (exact) mass is 620 g/mol. The summed E-state index contributed by atoms with van der Waals surface area (Å²) < 4.78 is 12.7. The van der Waals surface area contributed by atoms with Crippen molar-refractivity contribution in [1.29, 1.82) is 0 Å². The molecule has 10 nitrogen and oxygen atoms in total. The summed E-state index contributed by atoms with van der Waals surface area (Å²) in [5.41, 5.74) is 8.98. The van der Waals surface area contributed by atoms with Crippen LogP contribution in [0.15, 0.2) is 18.2 Å². The zero-order valence-corrected chi connectivity index (χ0v) is 27.7.